The summed E-state index contributed by atoms with van der Waals surface area (Å²) in [6.07, 6.45) is 1.32. The van der Waals surface area contributed by atoms with E-state index in [9.17, 15) is 14.4 Å². The third kappa shape index (κ3) is 3.69. The standard InChI is InChI=1S/C14H20N2O4/c1-9(2)14(3,8-12(18)19)15-13(20)10-5-6-16(4)11(17)7-10/h5-7,9H,8H2,1-4H3,(H,15,20)(H,18,19). The number of carbonyl (C=O) groups is 2. The monoisotopic (exact) mass is 280 g/mol. The number of aliphatic carboxylic acids is 1. The molecule has 0 bridgehead atoms. The number of carboxylic acids is 1. The number of hydrogen-bond donors (Lipinski definition) is 2. The van der Waals surface area contributed by atoms with Gasteiger partial charge in [0.1, 0.15) is 0 Å². The highest BCUT2D eigenvalue weighted by Gasteiger charge is 2.33. The van der Waals surface area contributed by atoms with Crippen LogP contribution in [0.2, 0.25) is 0 Å². The van der Waals surface area contributed by atoms with Gasteiger partial charge in [-0.25, -0.2) is 0 Å². The topological polar surface area (TPSA) is 88.4 Å². The van der Waals surface area contributed by atoms with Crippen molar-refractivity contribution in [2.75, 3.05) is 0 Å². The molecule has 1 aromatic rings. The van der Waals surface area contributed by atoms with Crippen LogP contribution >= 0.6 is 0 Å². The summed E-state index contributed by atoms with van der Waals surface area (Å²) in [4.78, 5) is 34.6. The van der Waals surface area contributed by atoms with Crippen molar-refractivity contribution in [2.24, 2.45) is 13.0 Å². The lowest BCUT2D eigenvalue weighted by molar-refractivity contribution is -0.138. The first-order chi connectivity index (χ1) is 9.15. The number of carboxylic acid groups (broad SMARTS) is 1. The van der Waals surface area contributed by atoms with E-state index in [2.05, 4.69) is 5.32 Å². The van der Waals surface area contributed by atoms with E-state index in [1.165, 1.54) is 22.9 Å². The molecule has 6 nitrogen and oxygen atoms in total. The van der Waals surface area contributed by atoms with E-state index in [4.69, 9.17) is 5.11 Å². The third-order valence-corrected chi connectivity index (χ3v) is 3.56. The fraction of sp³-hybridized carbons (Fsp3) is 0.500. The Hall–Kier alpha value is -2.11. The molecule has 1 amide bonds. The van der Waals surface area contributed by atoms with Gasteiger partial charge in [-0.1, -0.05) is 13.8 Å². The number of aryl methyl sites for hydroxylation is 1. The fourth-order valence-electron chi connectivity index (χ4n) is 1.73. The summed E-state index contributed by atoms with van der Waals surface area (Å²) in [6.45, 7) is 5.37. The van der Waals surface area contributed by atoms with Gasteiger partial charge >= 0.3 is 5.97 Å². The summed E-state index contributed by atoms with van der Waals surface area (Å²) in [5.74, 6) is -1.49. The molecule has 1 rings (SSSR count). The van der Waals surface area contributed by atoms with Crippen LogP contribution in [0.25, 0.3) is 0 Å². The molecular formula is C14H20N2O4. The van der Waals surface area contributed by atoms with Crippen molar-refractivity contribution in [1.29, 1.82) is 0 Å². The molecule has 110 valence electrons. The maximum atomic E-state index is 12.2. The highest BCUT2D eigenvalue weighted by atomic mass is 16.4. The van der Waals surface area contributed by atoms with Crippen LogP contribution < -0.4 is 10.9 Å². The van der Waals surface area contributed by atoms with Gasteiger partial charge in [0, 0.05) is 24.9 Å². The van der Waals surface area contributed by atoms with Crippen LogP contribution in [0.15, 0.2) is 23.1 Å². The van der Waals surface area contributed by atoms with Gasteiger partial charge in [0.2, 0.25) is 0 Å². The van der Waals surface area contributed by atoms with E-state index in [0.29, 0.717) is 0 Å². The highest BCUT2D eigenvalue weighted by Crippen LogP contribution is 2.21. The minimum Gasteiger partial charge on any atom is -0.481 e. The molecule has 0 aliphatic heterocycles. The summed E-state index contributed by atoms with van der Waals surface area (Å²) in [5, 5.41) is 11.7. The molecule has 6 heteroatoms. The zero-order valence-electron chi connectivity index (χ0n) is 12.1. The Labute approximate surface area is 117 Å². The van der Waals surface area contributed by atoms with Crippen molar-refractivity contribution < 1.29 is 14.7 Å². The molecule has 1 unspecified atom stereocenters. The van der Waals surface area contributed by atoms with Crippen molar-refractivity contribution in [1.82, 2.24) is 9.88 Å². The predicted octanol–water partition coefficient (Wildman–Crippen LogP) is 1.00. The number of amides is 1. The van der Waals surface area contributed by atoms with Crippen LogP contribution in [0, 0.1) is 5.92 Å². The maximum absolute atomic E-state index is 12.2. The molecule has 0 aromatic carbocycles. The van der Waals surface area contributed by atoms with E-state index >= 15 is 0 Å². The molecule has 0 spiro atoms. The van der Waals surface area contributed by atoms with Crippen LogP contribution in [0.4, 0.5) is 0 Å². The summed E-state index contributed by atoms with van der Waals surface area (Å²) in [7, 11) is 1.59. The van der Waals surface area contributed by atoms with E-state index in [1.807, 2.05) is 13.8 Å². The fourth-order valence-corrected chi connectivity index (χ4v) is 1.73. The SMILES string of the molecule is CC(C)C(C)(CC(=O)O)NC(=O)c1ccn(C)c(=O)c1. The van der Waals surface area contributed by atoms with Crippen LogP contribution in [-0.4, -0.2) is 27.1 Å². The quantitative estimate of drug-likeness (QED) is 0.842. The molecule has 1 atom stereocenters. The molecular weight excluding hydrogens is 260 g/mol. The minimum atomic E-state index is -0.981. The second-order valence-corrected chi connectivity index (χ2v) is 5.46. The molecule has 2 N–H and O–H groups in total. The first-order valence-electron chi connectivity index (χ1n) is 6.36. The van der Waals surface area contributed by atoms with Gasteiger partial charge in [0.05, 0.1) is 12.0 Å². The second-order valence-electron chi connectivity index (χ2n) is 5.46. The largest absolute Gasteiger partial charge is 0.481 e. The van der Waals surface area contributed by atoms with E-state index in [1.54, 1.807) is 14.0 Å². The lowest BCUT2D eigenvalue weighted by Gasteiger charge is -2.33. The molecule has 0 aliphatic rings. The van der Waals surface area contributed by atoms with E-state index in [0.717, 1.165) is 0 Å². The number of rotatable bonds is 5. The smallest absolute Gasteiger partial charge is 0.305 e. The van der Waals surface area contributed by atoms with Gasteiger partial charge in [0.25, 0.3) is 11.5 Å². The van der Waals surface area contributed by atoms with Crippen LogP contribution in [0.3, 0.4) is 0 Å². The number of carbonyl (C=O) groups excluding carboxylic acids is 1. The molecule has 0 radical (unpaired) electrons. The number of aromatic nitrogens is 1. The average molecular weight is 280 g/mol. The van der Waals surface area contributed by atoms with E-state index < -0.39 is 17.4 Å². The van der Waals surface area contributed by atoms with E-state index in [-0.39, 0.29) is 23.5 Å². The first-order valence-corrected chi connectivity index (χ1v) is 6.36. The van der Waals surface area contributed by atoms with Gasteiger partial charge in [-0.15, -0.1) is 0 Å². The Morgan fingerprint density at radius 3 is 2.50 bits per heavy atom. The number of hydrogen-bond acceptors (Lipinski definition) is 3. The lowest BCUT2D eigenvalue weighted by Crippen LogP contribution is -2.51. The summed E-state index contributed by atoms with van der Waals surface area (Å²) < 4.78 is 1.36. The number of nitrogens with one attached hydrogen (secondary N) is 1. The van der Waals surface area contributed by atoms with Gasteiger partial charge in [-0.05, 0) is 18.9 Å². The van der Waals surface area contributed by atoms with Crippen molar-refractivity contribution in [2.45, 2.75) is 32.7 Å². The molecule has 20 heavy (non-hydrogen) atoms. The van der Waals surface area contributed by atoms with Crippen molar-refractivity contribution in [3.05, 3.63) is 34.2 Å². The third-order valence-electron chi connectivity index (χ3n) is 3.56. The Bertz CT molecular complexity index is 577. The van der Waals surface area contributed by atoms with Crippen molar-refractivity contribution in [3.63, 3.8) is 0 Å². The highest BCUT2D eigenvalue weighted by molar-refractivity contribution is 5.94. The predicted molar refractivity (Wildman–Crippen MR) is 74.6 cm³/mol. The Morgan fingerprint density at radius 1 is 1.45 bits per heavy atom. The minimum absolute atomic E-state index is 0.0610. The summed E-state index contributed by atoms with van der Waals surface area (Å²) >= 11 is 0. The molecule has 0 saturated carbocycles. The van der Waals surface area contributed by atoms with Gasteiger partial charge in [-0.3, -0.25) is 14.4 Å². The molecule has 1 heterocycles. The molecule has 0 saturated heterocycles. The van der Waals surface area contributed by atoms with Crippen LogP contribution in [0.1, 0.15) is 37.6 Å². The number of nitrogens with zero attached hydrogens (tertiary/aromatic N) is 1. The van der Waals surface area contributed by atoms with Gasteiger partial charge < -0.3 is 15.0 Å². The van der Waals surface area contributed by atoms with Crippen LogP contribution in [-0.2, 0) is 11.8 Å². The Morgan fingerprint density at radius 2 is 2.05 bits per heavy atom. The average Bonchev–Trinajstić information content (AvgIpc) is 2.31. The lowest BCUT2D eigenvalue weighted by atomic mass is 9.85. The zero-order chi connectivity index (χ0) is 15.5. The summed E-state index contributed by atoms with van der Waals surface area (Å²) in [5.41, 5.74) is -0.934. The zero-order valence-corrected chi connectivity index (χ0v) is 12.1. The molecule has 0 fully saturated rings. The van der Waals surface area contributed by atoms with Crippen molar-refractivity contribution >= 4 is 11.9 Å². The van der Waals surface area contributed by atoms with Crippen molar-refractivity contribution in [3.8, 4) is 0 Å². The van der Waals surface area contributed by atoms with Crippen LogP contribution in [0.5, 0.6) is 0 Å². The van der Waals surface area contributed by atoms with Gasteiger partial charge in [0.15, 0.2) is 0 Å². The Balaban J connectivity index is 2.99. The molecule has 0 aliphatic carbocycles. The number of pyridine rings is 1. The Kier molecular flexibility index (Phi) is 4.70. The maximum Gasteiger partial charge on any atom is 0.305 e. The first kappa shape index (κ1) is 15.9. The van der Waals surface area contributed by atoms with Gasteiger partial charge in [-0.2, -0.15) is 0 Å². The molecule has 1 aromatic heterocycles. The summed E-state index contributed by atoms with van der Waals surface area (Å²) in [6, 6.07) is 2.76. The second kappa shape index (κ2) is 5.90. The normalized spacial score (nSPS) is 13.8.